The molecule has 0 aliphatic rings. The topological polar surface area (TPSA) is 27.1 Å². The van der Waals surface area contributed by atoms with Gasteiger partial charge in [0.15, 0.2) is 0 Å². The van der Waals surface area contributed by atoms with E-state index in [9.17, 15) is 0 Å². The van der Waals surface area contributed by atoms with Crippen molar-refractivity contribution in [1.82, 2.24) is 9.78 Å². The summed E-state index contributed by atoms with van der Waals surface area (Å²) in [5.74, 6) is 0.885. The molecule has 0 aliphatic heterocycles. The fourth-order valence-electron chi connectivity index (χ4n) is 1.53. The summed E-state index contributed by atoms with van der Waals surface area (Å²) in [4.78, 5) is 0. The predicted molar refractivity (Wildman–Crippen MR) is 71.8 cm³/mol. The lowest BCUT2D eigenvalue weighted by Crippen LogP contribution is -2.03. The fraction of sp³-hybridized carbons (Fsp3) is 0.250. The maximum absolute atomic E-state index is 5.12. The zero-order valence-electron chi connectivity index (χ0n) is 9.27. The smallest absolute Gasteiger partial charge is 0.123 e. The van der Waals surface area contributed by atoms with Crippen molar-refractivity contribution >= 4 is 22.6 Å². The number of hydrogen-bond donors (Lipinski definition) is 0. The van der Waals surface area contributed by atoms with E-state index in [1.807, 2.05) is 16.8 Å². The molecule has 4 heteroatoms. The maximum atomic E-state index is 5.12. The third-order valence-corrected chi connectivity index (χ3v) is 2.97. The molecule has 0 amide bonds. The molecule has 0 spiro atoms. The minimum Gasteiger partial charge on any atom is -0.497 e. The highest BCUT2D eigenvalue weighted by Crippen LogP contribution is 2.13. The maximum Gasteiger partial charge on any atom is 0.123 e. The first-order valence-corrected chi connectivity index (χ1v) is 6.10. The van der Waals surface area contributed by atoms with E-state index in [1.54, 1.807) is 7.11 Å². The van der Waals surface area contributed by atoms with Crippen molar-refractivity contribution in [2.75, 3.05) is 7.11 Å². The molecule has 1 heterocycles. The fourth-order valence-corrected chi connectivity index (χ4v) is 2.24. The summed E-state index contributed by atoms with van der Waals surface area (Å²) < 4.78 is 8.16. The number of hydrogen-bond acceptors (Lipinski definition) is 2. The average Bonchev–Trinajstić information content (AvgIpc) is 2.59. The van der Waals surface area contributed by atoms with E-state index in [0.29, 0.717) is 0 Å². The van der Waals surface area contributed by atoms with Crippen LogP contribution in [0.5, 0.6) is 5.75 Å². The van der Waals surface area contributed by atoms with Gasteiger partial charge in [-0.3, -0.25) is 4.68 Å². The van der Waals surface area contributed by atoms with Crippen molar-refractivity contribution in [1.29, 1.82) is 0 Å². The van der Waals surface area contributed by atoms with E-state index in [-0.39, 0.29) is 0 Å². The second-order valence-electron chi connectivity index (χ2n) is 3.61. The molecule has 0 saturated heterocycles. The molecule has 16 heavy (non-hydrogen) atoms. The molecule has 84 valence electrons. The van der Waals surface area contributed by atoms with Crippen LogP contribution in [-0.2, 0) is 6.54 Å². The number of methoxy groups -OCH3 is 1. The first-order chi connectivity index (χ1) is 7.69. The summed E-state index contributed by atoms with van der Waals surface area (Å²) in [7, 11) is 1.68. The summed E-state index contributed by atoms with van der Waals surface area (Å²) in [6.45, 7) is 2.87. The van der Waals surface area contributed by atoms with Crippen LogP contribution in [0.25, 0.3) is 0 Å². The molecule has 0 atom stereocenters. The lowest BCUT2D eigenvalue weighted by Gasteiger charge is -2.05. The molecule has 0 unspecified atom stereocenters. The molecule has 1 aromatic carbocycles. The normalized spacial score (nSPS) is 10.4. The Morgan fingerprint density at radius 1 is 1.31 bits per heavy atom. The minimum atomic E-state index is 0.804. The van der Waals surface area contributed by atoms with Gasteiger partial charge in [0.25, 0.3) is 0 Å². The zero-order chi connectivity index (χ0) is 11.5. The standard InChI is InChI=1S/C12H13IN2O/c1-9-7-12(13)14-15(9)8-10-3-5-11(16-2)6-4-10/h3-7H,8H2,1-2H3. The summed E-state index contributed by atoms with van der Waals surface area (Å²) in [6, 6.07) is 10.1. The van der Waals surface area contributed by atoms with Gasteiger partial charge in [-0.1, -0.05) is 12.1 Å². The number of ether oxygens (including phenoxy) is 1. The van der Waals surface area contributed by atoms with Crippen LogP contribution in [0.1, 0.15) is 11.3 Å². The van der Waals surface area contributed by atoms with Crippen LogP contribution in [0.2, 0.25) is 0 Å². The summed E-state index contributed by atoms with van der Waals surface area (Å²) in [6.07, 6.45) is 0. The average molecular weight is 328 g/mol. The Bertz CT molecular complexity index is 476. The van der Waals surface area contributed by atoms with Crippen molar-refractivity contribution in [3.8, 4) is 5.75 Å². The Labute approximate surface area is 109 Å². The largest absolute Gasteiger partial charge is 0.497 e. The van der Waals surface area contributed by atoms with E-state index < -0.39 is 0 Å². The van der Waals surface area contributed by atoms with Crippen LogP contribution in [0.15, 0.2) is 30.3 Å². The molecular formula is C12H13IN2O. The summed E-state index contributed by atoms with van der Waals surface area (Å²) in [5.41, 5.74) is 2.41. The minimum absolute atomic E-state index is 0.804. The highest BCUT2D eigenvalue weighted by Gasteiger charge is 2.02. The van der Waals surface area contributed by atoms with Crippen molar-refractivity contribution in [3.05, 3.63) is 45.3 Å². The van der Waals surface area contributed by atoms with Crippen LogP contribution in [0.3, 0.4) is 0 Å². The Hall–Kier alpha value is -1.04. The second kappa shape index (κ2) is 4.86. The van der Waals surface area contributed by atoms with Crippen LogP contribution in [0, 0.1) is 10.6 Å². The van der Waals surface area contributed by atoms with Crippen molar-refractivity contribution < 1.29 is 4.74 Å². The first kappa shape index (κ1) is 11.4. The highest BCUT2D eigenvalue weighted by atomic mass is 127. The molecule has 0 bridgehead atoms. The van der Waals surface area contributed by atoms with Gasteiger partial charge in [-0.15, -0.1) is 0 Å². The SMILES string of the molecule is COc1ccc(Cn2nc(I)cc2C)cc1. The molecule has 0 N–H and O–H groups in total. The van der Waals surface area contributed by atoms with Gasteiger partial charge < -0.3 is 4.74 Å². The lowest BCUT2D eigenvalue weighted by atomic mass is 10.2. The van der Waals surface area contributed by atoms with Crippen molar-refractivity contribution in [3.63, 3.8) is 0 Å². The predicted octanol–water partition coefficient (Wildman–Crippen LogP) is 2.85. The molecule has 0 radical (unpaired) electrons. The molecule has 0 fully saturated rings. The molecule has 1 aromatic heterocycles. The van der Waals surface area contributed by atoms with Gasteiger partial charge >= 0.3 is 0 Å². The quantitative estimate of drug-likeness (QED) is 0.810. The van der Waals surface area contributed by atoms with E-state index in [2.05, 4.69) is 52.8 Å². The van der Waals surface area contributed by atoms with Gasteiger partial charge in [0.05, 0.1) is 13.7 Å². The van der Waals surface area contributed by atoms with Gasteiger partial charge in [0.1, 0.15) is 9.45 Å². The van der Waals surface area contributed by atoms with E-state index in [1.165, 1.54) is 11.3 Å². The zero-order valence-corrected chi connectivity index (χ0v) is 11.4. The number of aromatic nitrogens is 2. The van der Waals surface area contributed by atoms with Crippen LogP contribution in [-0.4, -0.2) is 16.9 Å². The van der Waals surface area contributed by atoms with Gasteiger partial charge in [-0.05, 0) is 53.3 Å². The Morgan fingerprint density at radius 3 is 2.50 bits per heavy atom. The van der Waals surface area contributed by atoms with Crippen LogP contribution < -0.4 is 4.74 Å². The monoisotopic (exact) mass is 328 g/mol. The first-order valence-electron chi connectivity index (χ1n) is 5.02. The second-order valence-corrected chi connectivity index (χ2v) is 4.72. The molecule has 2 aromatic rings. The summed E-state index contributed by atoms with van der Waals surface area (Å²) in [5, 5.41) is 4.42. The van der Waals surface area contributed by atoms with Gasteiger partial charge in [-0.25, -0.2) is 0 Å². The molecule has 2 rings (SSSR count). The highest BCUT2D eigenvalue weighted by molar-refractivity contribution is 14.1. The van der Waals surface area contributed by atoms with Crippen molar-refractivity contribution in [2.45, 2.75) is 13.5 Å². The summed E-state index contributed by atoms with van der Waals surface area (Å²) >= 11 is 2.23. The number of rotatable bonds is 3. The van der Waals surface area contributed by atoms with Crippen molar-refractivity contribution in [2.24, 2.45) is 0 Å². The van der Waals surface area contributed by atoms with Gasteiger partial charge in [0, 0.05) is 5.69 Å². The molecule has 0 aliphatic carbocycles. The third-order valence-electron chi connectivity index (χ3n) is 2.44. The lowest BCUT2D eigenvalue weighted by molar-refractivity contribution is 0.414. The molecular weight excluding hydrogens is 315 g/mol. The Morgan fingerprint density at radius 2 is 2.00 bits per heavy atom. The number of aryl methyl sites for hydroxylation is 1. The molecule has 3 nitrogen and oxygen atoms in total. The van der Waals surface area contributed by atoms with Crippen LogP contribution >= 0.6 is 22.6 Å². The van der Waals surface area contributed by atoms with Gasteiger partial charge in [-0.2, -0.15) is 5.10 Å². The van der Waals surface area contributed by atoms with Gasteiger partial charge in [0.2, 0.25) is 0 Å². The number of halogens is 1. The third kappa shape index (κ3) is 2.55. The van der Waals surface area contributed by atoms with Crippen LogP contribution in [0.4, 0.5) is 0 Å². The number of nitrogens with zero attached hydrogens (tertiary/aromatic N) is 2. The Kier molecular flexibility index (Phi) is 3.48. The van der Waals surface area contributed by atoms with E-state index in [4.69, 9.17) is 4.74 Å². The molecule has 0 saturated carbocycles. The Balaban J connectivity index is 2.17. The number of benzene rings is 1. The van der Waals surface area contributed by atoms with E-state index >= 15 is 0 Å². The van der Waals surface area contributed by atoms with E-state index in [0.717, 1.165) is 16.0 Å².